The minimum Gasteiger partial charge on any atom is -0.368 e. The van der Waals surface area contributed by atoms with E-state index in [4.69, 9.17) is 0 Å². The molecule has 1 fully saturated rings. The Labute approximate surface area is 100 Å². The van der Waals surface area contributed by atoms with Gasteiger partial charge in [0.05, 0.1) is 0 Å². The molecule has 0 aromatic carbocycles. The van der Waals surface area contributed by atoms with E-state index in [0.717, 1.165) is 17.9 Å². The second-order valence-corrected chi connectivity index (χ2v) is 4.15. The van der Waals surface area contributed by atoms with E-state index < -0.39 is 0 Å². The number of nitrogens with one attached hydrogen (secondary N) is 3. The van der Waals surface area contributed by atoms with Crippen LogP contribution in [0.2, 0.25) is 0 Å². The molecular formula is C11H17N5O. The van der Waals surface area contributed by atoms with Gasteiger partial charge in [0.2, 0.25) is 11.9 Å². The lowest BCUT2D eigenvalue weighted by atomic mass is 10.2. The predicted octanol–water partition coefficient (Wildman–Crippen LogP) is 0.517. The van der Waals surface area contributed by atoms with Gasteiger partial charge in [-0.15, -0.1) is 0 Å². The highest BCUT2D eigenvalue weighted by atomic mass is 16.1. The van der Waals surface area contributed by atoms with Crippen LogP contribution in [0.3, 0.4) is 0 Å². The van der Waals surface area contributed by atoms with Crippen LogP contribution >= 0.6 is 0 Å². The molecular weight excluding hydrogens is 218 g/mol. The van der Waals surface area contributed by atoms with E-state index >= 15 is 0 Å². The number of aromatic nitrogens is 2. The summed E-state index contributed by atoms with van der Waals surface area (Å²) in [6.07, 6.45) is 1.51. The number of nitrogens with zero attached hydrogens (tertiary/aromatic N) is 2. The van der Waals surface area contributed by atoms with Gasteiger partial charge in [-0.25, -0.2) is 4.98 Å². The maximum atomic E-state index is 11.0. The molecule has 0 spiro atoms. The Bertz CT molecular complexity index is 420. The molecule has 0 aliphatic carbocycles. The van der Waals surface area contributed by atoms with Gasteiger partial charge in [0, 0.05) is 37.8 Å². The molecule has 1 aliphatic heterocycles. The highest BCUT2D eigenvalue weighted by Crippen LogP contribution is 2.11. The third-order valence-corrected chi connectivity index (χ3v) is 2.69. The first kappa shape index (κ1) is 11.6. The minimum atomic E-state index is 0.131. The molecule has 17 heavy (non-hydrogen) atoms. The third kappa shape index (κ3) is 3.05. The van der Waals surface area contributed by atoms with Crippen LogP contribution in [0.4, 0.5) is 11.8 Å². The number of aryl methyl sites for hydroxylation is 1. The summed E-state index contributed by atoms with van der Waals surface area (Å²) in [6, 6.07) is 2.09. The Morgan fingerprint density at radius 1 is 1.53 bits per heavy atom. The molecule has 92 valence electrons. The molecule has 2 heterocycles. The summed E-state index contributed by atoms with van der Waals surface area (Å²) in [5, 5.41) is 9.03. The smallest absolute Gasteiger partial charge is 0.224 e. The average molecular weight is 235 g/mol. The fraction of sp³-hybridized carbons (Fsp3) is 0.545. The quantitative estimate of drug-likeness (QED) is 0.709. The SMILES string of the molecule is CNc1nc(C)cc(NCC2CCC(=O)N2)n1. The predicted molar refractivity (Wildman–Crippen MR) is 66.0 cm³/mol. The summed E-state index contributed by atoms with van der Waals surface area (Å²) in [4.78, 5) is 19.5. The van der Waals surface area contributed by atoms with Crippen molar-refractivity contribution < 1.29 is 4.79 Å². The maximum absolute atomic E-state index is 11.0. The summed E-state index contributed by atoms with van der Waals surface area (Å²) in [5.41, 5.74) is 0.905. The zero-order chi connectivity index (χ0) is 12.3. The fourth-order valence-corrected chi connectivity index (χ4v) is 1.83. The van der Waals surface area contributed by atoms with E-state index in [1.807, 2.05) is 13.0 Å². The topological polar surface area (TPSA) is 78.9 Å². The molecule has 1 amide bonds. The Balaban J connectivity index is 1.94. The van der Waals surface area contributed by atoms with Crippen LogP contribution in [-0.2, 0) is 4.79 Å². The van der Waals surface area contributed by atoms with Crippen molar-refractivity contribution in [2.24, 2.45) is 0 Å². The second-order valence-electron chi connectivity index (χ2n) is 4.15. The van der Waals surface area contributed by atoms with E-state index in [0.29, 0.717) is 18.9 Å². The Hall–Kier alpha value is -1.85. The molecule has 0 radical (unpaired) electrons. The van der Waals surface area contributed by atoms with Gasteiger partial charge < -0.3 is 16.0 Å². The van der Waals surface area contributed by atoms with Crippen LogP contribution in [0.5, 0.6) is 0 Å². The second kappa shape index (κ2) is 4.99. The van der Waals surface area contributed by atoms with Gasteiger partial charge in [0.1, 0.15) is 5.82 Å². The number of hydrogen-bond acceptors (Lipinski definition) is 5. The van der Waals surface area contributed by atoms with Crippen molar-refractivity contribution in [3.63, 3.8) is 0 Å². The minimum absolute atomic E-state index is 0.131. The van der Waals surface area contributed by atoms with Gasteiger partial charge in [0.15, 0.2) is 0 Å². The van der Waals surface area contributed by atoms with Crippen molar-refractivity contribution in [3.05, 3.63) is 11.8 Å². The van der Waals surface area contributed by atoms with Crippen LogP contribution in [0.25, 0.3) is 0 Å². The van der Waals surface area contributed by atoms with Gasteiger partial charge in [-0.05, 0) is 13.3 Å². The molecule has 1 unspecified atom stereocenters. The summed E-state index contributed by atoms with van der Waals surface area (Å²) >= 11 is 0. The molecule has 0 saturated carbocycles. The molecule has 0 bridgehead atoms. The highest BCUT2D eigenvalue weighted by molar-refractivity contribution is 5.78. The Morgan fingerprint density at radius 3 is 3.00 bits per heavy atom. The van der Waals surface area contributed by atoms with Crippen LogP contribution < -0.4 is 16.0 Å². The van der Waals surface area contributed by atoms with Crippen molar-refractivity contribution in [2.45, 2.75) is 25.8 Å². The summed E-state index contributed by atoms with van der Waals surface area (Å²) in [7, 11) is 1.79. The highest BCUT2D eigenvalue weighted by Gasteiger charge is 2.20. The van der Waals surface area contributed by atoms with E-state index in [2.05, 4.69) is 25.9 Å². The van der Waals surface area contributed by atoms with Crippen molar-refractivity contribution in [2.75, 3.05) is 24.2 Å². The van der Waals surface area contributed by atoms with E-state index in [1.165, 1.54) is 0 Å². The number of anilines is 2. The number of carbonyl (C=O) groups is 1. The van der Waals surface area contributed by atoms with E-state index in [9.17, 15) is 4.79 Å². The zero-order valence-electron chi connectivity index (χ0n) is 10.1. The average Bonchev–Trinajstić information content (AvgIpc) is 2.72. The fourth-order valence-electron chi connectivity index (χ4n) is 1.83. The Kier molecular flexibility index (Phi) is 3.41. The third-order valence-electron chi connectivity index (χ3n) is 2.69. The molecule has 1 aromatic rings. The van der Waals surface area contributed by atoms with Crippen LogP contribution in [0, 0.1) is 6.92 Å². The van der Waals surface area contributed by atoms with Gasteiger partial charge in [-0.2, -0.15) is 4.98 Å². The molecule has 1 saturated heterocycles. The first-order valence-corrected chi connectivity index (χ1v) is 5.74. The van der Waals surface area contributed by atoms with Crippen molar-refractivity contribution >= 4 is 17.7 Å². The van der Waals surface area contributed by atoms with Crippen molar-refractivity contribution in [3.8, 4) is 0 Å². The maximum Gasteiger partial charge on any atom is 0.224 e. The number of rotatable bonds is 4. The largest absolute Gasteiger partial charge is 0.368 e. The van der Waals surface area contributed by atoms with E-state index in [-0.39, 0.29) is 11.9 Å². The lowest BCUT2D eigenvalue weighted by molar-refractivity contribution is -0.119. The summed E-state index contributed by atoms with van der Waals surface area (Å²) < 4.78 is 0. The molecule has 1 aliphatic rings. The van der Waals surface area contributed by atoms with E-state index in [1.54, 1.807) is 7.05 Å². The van der Waals surface area contributed by atoms with Gasteiger partial charge >= 0.3 is 0 Å². The standard InChI is InChI=1S/C11H17N5O/c1-7-5-9(16-11(12-2)14-7)13-6-8-3-4-10(17)15-8/h5,8H,3-4,6H2,1-2H3,(H,15,17)(H2,12,13,14,16). The van der Waals surface area contributed by atoms with Gasteiger partial charge in [-0.3, -0.25) is 4.79 Å². The Morgan fingerprint density at radius 2 is 2.35 bits per heavy atom. The van der Waals surface area contributed by atoms with Gasteiger partial charge in [-0.1, -0.05) is 0 Å². The summed E-state index contributed by atoms with van der Waals surface area (Å²) in [6.45, 7) is 2.62. The normalized spacial score (nSPS) is 18.9. The number of carbonyl (C=O) groups excluding carboxylic acids is 1. The number of hydrogen-bond donors (Lipinski definition) is 3. The van der Waals surface area contributed by atoms with Crippen molar-refractivity contribution in [1.29, 1.82) is 0 Å². The number of amides is 1. The lowest BCUT2D eigenvalue weighted by Crippen LogP contribution is -2.32. The molecule has 3 N–H and O–H groups in total. The molecule has 1 atom stereocenters. The van der Waals surface area contributed by atoms with Gasteiger partial charge in [0.25, 0.3) is 0 Å². The van der Waals surface area contributed by atoms with Crippen LogP contribution in [0.1, 0.15) is 18.5 Å². The zero-order valence-corrected chi connectivity index (χ0v) is 10.1. The molecule has 2 rings (SSSR count). The molecule has 6 nitrogen and oxygen atoms in total. The lowest BCUT2D eigenvalue weighted by Gasteiger charge is -2.12. The first-order chi connectivity index (χ1) is 8.17. The first-order valence-electron chi connectivity index (χ1n) is 5.74. The summed E-state index contributed by atoms with van der Waals surface area (Å²) in [5.74, 6) is 1.51. The van der Waals surface area contributed by atoms with Crippen molar-refractivity contribution in [1.82, 2.24) is 15.3 Å². The molecule has 1 aromatic heterocycles. The monoisotopic (exact) mass is 235 g/mol. The van der Waals surface area contributed by atoms with Crippen LogP contribution in [0.15, 0.2) is 6.07 Å². The molecule has 6 heteroatoms. The van der Waals surface area contributed by atoms with Crippen LogP contribution in [-0.4, -0.2) is 35.5 Å².